The van der Waals surface area contributed by atoms with Crippen LogP contribution in [0.2, 0.25) is 5.02 Å². The maximum absolute atomic E-state index is 12.2. The molecular weight excluding hydrogens is 340 g/mol. The van der Waals surface area contributed by atoms with E-state index in [0.717, 1.165) is 43.3 Å². The van der Waals surface area contributed by atoms with E-state index < -0.39 is 0 Å². The van der Waals surface area contributed by atoms with E-state index in [0.29, 0.717) is 17.5 Å². The zero-order valence-corrected chi connectivity index (χ0v) is 15.3. The first-order chi connectivity index (χ1) is 12.0. The average molecular weight is 363 g/mol. The molecule has 134 valence electrons. The fraction of sp³-hybridized carbons (Fsp3) is 0.529. The first kappa shape index (κ1) is 17.7. The van der Waals surface area contributed by atoms with Crippen LogP contribution in [-0.4, -0.2) is 45.3 Å². The summed E-state index contributed by atoms with van der Waals surface area (Å²) in [5.41, 5.74) is 1.57. The Kier molecular flexibility index (Phi) is 5.53. The van der Waals surface area contributed by atoms with Crippen LogP contribution in [0.25, 0.3) is 0 Å². The fourth-order valence-corrected chi connectivity index (χ4v) is 3.28. The second kappa shape index (κ2) is 7.82. The second-order valence-electron chi connectivity index (χ2n) is 6.45. The fourth-order valence-electron chi connectivity index (χ4n) is 3.15. The number of halogens is 1. The van der Waals surface area contributed by atoms with Crippen molar-refractivity contribution in [3.8, 4) is 0 Å². The molecule has 1 aliphatic heterocycles. The molecule has 3 rings (SSSR count). The Morgan fingerprint density at radius 2 is 2.12 bits per heavy atom. The standard InChI is InChI=1S/C17H23ClN6O/c1-12-16(18)13(2)24(22-12)11-15(25)21-9-14-5-3-8-23(10-14)17-19-6-4-7-20-17/h4,6-7,14H,3,5,8-11H2,1-2H3,(H,21,25). The summed E-state index contributed by atoms with van der Waals surface area (Å²) in [5.74, 6) is 1.11. The van der Waals surface area contributed by atoms with Crippen molar-refractivity contribution in [2.24, 2.45) is 5.92 Å². The van der Waals surface area contributed by atoms with E-state index in [2.05, 4.69) is 25.3 Å². The lowest BCUT2D eigenvalue weighted by molar-refractivity contribution is -0.122. The molecule has 1 unspecified atom stereocenters. The van der Waals surface area contributed by atoms with Crippen molar-refractivity contribution >= 4 is 23.5 Å². The Labute approximate surface area is 152 Å². The van der Waals surface area contributed by atoms with Crippen LogP contribution in [0.15, 0.2) is 18.5 Å². The Balaban J connectivity index is 1.51. The van der Waals surface area contributed by atoms with Gasteiger partial charge in [-0.2, -0.15) is 5.10 Å². The number of piperidine rings is 1. The Hall–Kier alpha value is -2.15. The summed E-state index contributed by atoms with van der Waals surface area (Å²) >= 11 is 6.12. The summed E-state index contributed by atoms with van der Waals surface area (Å²) in [5, 5.41) is 7.94. The minimum absolute atomic E-state index is 0.0460. The normalized spacial score (nSPS) is 17.6. The van der Waals surface area contributed by atoms with Crippen LogP contribution in [-0.2, 0) is 11.3 Å². The molecule has 1 N–H and O–H groups in total. The summed E-state index contributed by atoms with van der Waals surface area (Å²) in [7, 11) is 0. The third kappa shape index (κ3) is 4.28. The molecule has 7 nitrogen and oxygen atoms in total. The van der Waals surface area contributed by atoms with E-state index in [9.17, 15) is 4.79 Å². The molecule has 25 heavy (non-hydrogen) atoms. The number of nitrogens with zero attached hydrogens (tertiary/aromatic N) is 5. The van der Waals surface area contributed by atoms with E-state index in [1.165, 1.54) is 0 Å². The quantitative estimate of drug-likeness (QED) is 0.880. The van der Waals surface area contributed by atoms with E-state index in [4.69, 9.17) is 11.6 Å². The number of aromatic nitrogens is 4. The molecule has 2 aromatic heterocycles. The number of carbonyl (C=O) groups excluding carboxylic acids is 1. The van der Waals surface area contributed by atoms with Crippen LogP contribution in [0.1, 0.15) is 24.2 Å². The number of aryl methyl sites for hydroxylation is 1. The maximum Gasteiger partial charge on any atom is 0.241 e. The summed E-state index contributed by atoms with van der Waals surface area (Å²) in [6.07, 6.45) is 5.68. The molecule has 1 amide bonds. The van der Waals surface area contributed by atoms with Crippen molar-refractivity contribution < 1.29 is 4.79 Å². The minimum atomic E-state index is -0.0460. The van der Waals surface area contributed by atoms with Gasteiger partial charge in [0.05, 0.1) is 16.4 Å². The van der Waals surface area contributed by atoms with Gasteiger partial charge in [-0.15, -0.1) is 0 Å². The molecule has 8 heteroatoms. The summed E-state index contributed by atoms with van der Waals surface area (Å²) < 4.78 is 1.65. The Morgan fingerprint density at radius 1 is 1.36 bits per heavy atom. The molecule has 1 atom stereocenters. The summed E-state index contributed by atoms with van der Waals surface area (Å²) in [4.78, 5) is 23.0. The Morgan fingerprint density at radius 3 is 2.80 bits per heavy atom. The molecule has 2 aromatic rings. The van der Waals surface area contributed by atoms with Gasteiger partial charge in [0.2, 0.25) is 11.9 Å². The molecule has 0 aromatic carbocycles. The van der Waals surface area contributed by atoms with Gasteiger partial charge >= 0.3 is 0 Å². The first-order valence-corrected chi connectivity index (χ1v) is 8.90. The van der Waals surface area contributed by atoms with Crippen LogP contribution in [0.4, 0.5) is 5.95 Å². The van der Waals surface area contributed by atoms with E-state index >= 15 is 0 Å². The molecule has 0 saturated carbocycles. The predicted molar refractivity (Wildman–Crippen MR) is 96.7 cm³/mol. The van der Waals surface area contributed by atoms with Crippen molar-refractivity contribution in [2.75, 3.05) is 24.5 Å². The van der Waals surface area contributed by atoms with Gasteiger partial charge in [-0.25, -0.2) is 9.97 Å². The van der Waals surface area contributed by atoms with Crippen molar-refractivity contribution in [1.29, 1.82) is 0 Å². The number of anilines is 1. The van der Waals surface area contributed by atoms with Gasteiger partial charge in [0, 0.05) is 32.0 Å². The van der Waals surface area contributed by atoms with Crippen molar-refractivity contribution in [3.63, 3.8) is 0 Å². The van der Waals surface area contributed by atoms with Gasteiger partial charge < -0.3 is 10.2 Å². The van der Waals surface area contributed by atoms with Gasteiger partial charge in [-0.05, 0) is 38.7 Å². The molecule has 1 aliphatic rings. The molecule has 0 aliphatic carbocycles. The SMILES string of the molecule is Cc1nn(CC(=O)NCC2CCCN(c3ncccn3)C2)c(C)c1Cl. The number of rotatable bonds is 5. The largest absolute Gasteiger partial charge is 0.354 e. The topological polar surface area (TPSA) is 75.9 Å². The zero-order valence-electron chi connectivity index (χ0n) is 14.6. The van der Waals surface area contributed by atoms with Crippen LogP contribution >= 0.6 is 11.6 Å². The van der Waals surface area contributed by atoms with E-state index in [-0.39, 0.29) is 12.5 Å². The van der Waals surface area contributed by atoms with Gasteiger partial charge in [0.15, 0.2) is 0 Å². The lowest BCUT2D eigenvalue weighted by Crippen LogP contribution is -2.42. The zero-order chi connectivity index (χ0) is 17.8. The first-order valence-electron chi connectivity index (χ1n) is 8.52. The molecular formula is C17H23ClN6O. The number of hydrogen-bond acceptors (Lipinski definition) is 5. The Bertz CT molecular complexity index is 732. The lowest BCUT2D eigenvalue weighted by Gasteiger charge is -2.32. The van der Waals surface area contributed by atoms with Crippen molar-refractivity contribution in [3.05, 3.63) is 34.9 Å². The lowest BCUT2D eigenvalue weighted by atomic mass is 9.98. The average Bonchev–Trinajstić information content (AvgIpc) is 2.88. The van der Waals surface area contributed by atoms with Crippen LogP contribution in [0.5, 0.6) is 0 Å². The number of hydrogen-bond donors (Lipinski definition) is 1. The van der Waals surface area contributed by atoms with Crippen LogP contribution in [0.3, 0.4) is 0 Å². The van der Waals surface area contributed by atoms with Crippen LogP contribution in [0, 0.1) is 19.8 Å². The van der Waals surface area contributed by atoms with E-state index in [1.807, 2.05) is 19.9 Å². The molecule has 1 fully saturated rings. The molecule has 0 bridgehead atoms. The summed E-state index contributed by atoms with van der Waals surface area (Å²) in [6.45, 7) is 6.36. The third-order valence-electron chi connectivity index (χ3n) is 4.53. The highest BCUT2D eigenvalue weighted by atomic mass is 35.5. The highest BCUT2D eigenvalue weighted by Gasteiger charge is 2.22. The highest BCUT2D eigenvalue weighted by Crippen LogP contribution is 2.20. The smallest absolute Gasteiger partial charge is 0.241 e. The maximum atomic E-state index is 12.2. The summed E-state index contributed by atoms with van der Waals surface area (Å²) in [6, 6.07) is 1.82. The molecule has 3 heterocycles. The number of nitrogens with one attached hydrogen (secondary N) is 1. The number of amides is 1. The van der Waals surface area contributed by atoms with Gasteiger partial charge in [0.25, 0.3) is 0 Å². The predicted octanol–water partition coefficient (Wildman–Crippen LogP) is 1.98. The molecule has 1 saturated heterocycles. The molecule has 0 radical (unpaired) electrons. The minimum Gasteiger partial charge on any atom is -0.354 e. The van der Waals surface area contributed by atoms with Gasteiger partial charge in [0.1, 0.15) is 6.54 Å². The third-order valence-corrected chi connectivity index (χ3v) is 5.08. The van der Waals surface area contributed by atoms with E-state index in [1.54, 1.807) is 17.1 Å². The monoisotopic (exact) mass is 362 g/mol. The van der Waals surface area contributed by atoms with Gasteiger partial charge in [-0.1, -0.05) is 11.6 Å². The van der Waals surface area contributed by atoms with Crippen LogP contribution < -0.4 is 10.2 Å². The van der Waals surface area contributed by atoms with Crippen molar-refractivity contribution in [2.45, 2.75) is 33.2 Å². The highest BCUT2D eigenvalue weighted by molar-refractivity contribution is 6.31. The van der Waals surface area contributed by atoms with Gasteiger partial charge in [-0.3, -0.25) is 9.48 Å². The molecule has 0 spiro atoms. The number of carbonyl (C=O) groups is 1. The van der Waals surface area contributed by atoms with Crippen molar-refractivity contribution in [1.82, 2.24) is 25.1 Å². The second-order valence-corrected chi connectivity index (χ2v) is 6.83.